The van der Waals surface area contributed by atoms with Crippen LogP contribution in [0, 0.1) is 17.8 Å². The zero-order valence-corrected chi connectivity index (χ0v) is 18.9. The Labute approximate surface area is 200 Å². The fourth-order valence-electron chi connectivity index (χ4n) is 5.82. The number of benzene rings is 2. The van der Waals surface area contributed by atoms with Gasteiger partial charge in [-0.25, -0.2) is 9.59 Å². The number of alkyl carbamates (subject to hydrolysis) is 1. The summed E-state index contributed by atoms with van der Waals surface area (Å²) in [7, 11) is 0. The van der Waals surface area contributed by atoms with Crippen molar-refractivity contribution in [2.24, 2.45) is 17.8 Å². The first-order valence-corrected chi connectivity index (χ1v) is 11.7. The number of hydrogen-bond acceptors (Lipinski definition) is 4. The maximum atomic E-state index is 13.2. The molecule has 4 unspecified atom stereocenters. The molecule has 2 fully saturated rings. The first kappa shape index (κ1) is 23.3. The molecule has 0 aliphatic heterocycles. The van der Waals surface area contributed by atoms with E-state index in [9.17, 15) is 23.2 Å². The summed E-state index contributed by atoms with van der Waals surface area (Å²) in [6.45, 7) is -1.02. The SMILES string of the molecule is O=C(NC1CC2CC(C(=O)NCC(F)(F)C(=O)O)CC21)OCC1c2ccccc2-c2ccccc21. The standard InChI is InChI=1S/C26H26F2N2O5/c27-26(28,24(32)33)13-29-23(31)15-9-14-11-22(20(14)10-15)30-25(34)35-12-21-18-7-3-1-5-16(18)17-6-2-4-8-19(17)21/h1-8,14-15,20-22H,9-13H2,(H,29,31)(H,30,34)(H,32,33). The van der Waals surface area contributed by atoms with Crippen molar-refractivity contribution in [3.8, 4) is 11.1 Å². The van der Waals surface area contributed by atoms with Gasteiger partial charge < -0.3 is 20.5 Å². The quantitative estimate of drug-likeness (QED) is 0.555. The molecule has 7 nitrogen and oxygen atoms in total. The van der Waals surface area contributed by atoms with Crippen LogP contribution in [0.4, 0.5) is 13.6 Å². The van der Waals surface area contributed by atoms with Gasteiger partial charge in [-0.1, -0.05) is 48.5 Å². The highest BCUT2D eigenvalue weighted by molar-refractivity contribution is 5.81. The maximum Gasteiger partial charge on any atom is 0.407 e. The number of carbonyl (C=O) groups is 3. The first-order valence-electron chi connectivity index (χ1n) is 11.7. The predicted octanol–water partition coefficient (Wildman–Crippen LogP) is 3.78. The van der Waals surface area contributed by atoms with Crippen molar-refractivity contribution in [3.05, 3.63) is 59.7 Å². The number of nitrogens with one attached hydrogen (secondary N) is 2. The van der Waals surface area contributed by atoms with E-state index in [4.69, 9.17) is 9.84 Å². The molecule has 184 valence electrons. The third-order valence-corrected chi connectivity index (χ3v) is 7.64. The van der Waals surface area contributed by atoms with E-state index in [0.29, 0.717) is 19.3 Å². The second-order valence-corrected chi connectivity index (χ2v) is 9.63. The highest BCUT2D eigenvalue weighted by atomic mass is 19.3. The van der Waals surface area contributed by atoms with Crippen LogP contribution in [-0.4, -0.2) is 48.2 Å². The van der Waals surface area contributed by atoms with E-state index in [0.717, 1.165) is 22.3 Å². The van der Waals surface area contributed by atoms with Gasteiger partial charge in [0, 0.05) is 17.9 Å². The Balaban J connectivity index is 1.12. The van der Waals surface area contributed by atoms with Gasteiger partial charge in [0.25, 0.3) is 0 Å². The number of ether oxygens (including phenoxy) is 1. The molecule has 4 atom stereocenters. The molecule has 3 aliphatic rings. The summed E-state index contributed by atoms with van der Waals surface area (Å²) in [6, 6.07) is 16.0. The number of carboxylic acid groups (broad SMARTS) is 1. The van der Waals surface area contributed by atoms with E-state index in [1.807, 2.05) is 36.4 Å². The van der Waals surface area contributed by atoms with Crippen LogP contribution in [0.1, 0.15) is 36.3 Å². The summed E-state index contributed by atoms with van der Waals surface area (Å²) >= 11 is 0. The normalized spacial score (nSPS) is 24.5. The average Bonchev–Trinajstić information content (AvgIpc) is 3.35. The van der Waals surface area contributed by atoms with E-state index < -0.39 is 36.4 Å². The number of carbonyl (C=O) groups excluding carboxylic acids is 2. The molecule has 2 aromatic rings. The van der Waals surface area contributed by atoms with Gasteiger partial charge in [0.1, 0.15) is 6.61 Å². The van der Waals surface area contributed by atoms with Crippen LogP contribution in [-0.2, 0) is 14.3 Å². The molecule has 0 spiro atoms. The smallest absolute Gasteiger partial charge is 0.407 e. The zero-order chi connectivity index (χ0) is 24.7. The summed E-state index contributed by atoms with van der Waals surface area (Å²) in [5, 5.41) is 13.4. The topological polar surface area (TPSA) is 105 Å². The van der Waals surface area contributed by atoms with Crippen molar-refractivity contribution >= 4 is 18.0 Å². The van der Waals surface area contributed by atoms with Gasteiger partial charge in [-0.2, -0.15) is 8.78 Å². The lowest BCUT2D eigenvalue weighted by atomic mass is 9.71. The minimum absolute atomic E-state index is 0.0363. The number of hydrogen-bond donors (Lipinski definition) is 3. The third kappa shape index (κ3) is 4.35. The molecule has 3 aliphatic carbocycles. The zero-order valence-electron chi connectivity index (χ0n) is 18.9. The van der Waals surface area contributed by atoms with Gasteiger partial charge in [0.15, 0.2) is 0 Å². The van der Waals surface area contributed by atoms with E-state index in [-0.39, 0.29) is 30.4 Å². The van der Waals surface area contributed by atoms with Gasteiger partial charge in [-0.3, -0.25) is 4.79 Å². The van der Waals surface area contributed by atoms with Gasteiger partial charge in [0.2, 0.25) is 5.91 Å². The monoisotopic (exact) mass is 484 g/mol. The first-order chi connectivity index (χ1) is 16.7. The highest BCUT2D eigenvalue weighted by Gasteiger charge is 2.50. The molecule has 0 saturated heterocycles. The number of amides is 2. The molecule has 2 amide bonds. The molecule has 0 bridgehead atoms. The lowest BCUT2D eigenvalue weighted by Crippen LogP contribution is -2.50. The van der Waals surface area contributed by atoms with Crippen LogP contribution in [0.15, 0.2) is 48.5 Å². The summed E-state index contributed by atoms with van der Waals surface area (Å²) in [6.07, 6.45) is 1.19. The van der Waals surface area contributed by atoms with Crippen LogP contribution in [0.5, 0.6) is 0 Å². The number of aliphatic carboxylic acids is 1. The second kappa shape index (κ2) is 8.94. The predicted molar refractivity (Wildman–Crippen MR) is 122 cm³/mol. The number of halogens is 2. The molecule has 0 aromatic heterocycles. The Bertz CT molecular complexity index is 1120. The van der Waals surface area contributed by atoms with Crippen LogP contribution in [0.3, 0.4) is 0 Å². The molecule has 2 saturated carbocycles. The van der Waals surface area contributed by atoms with Crippen molar-refractivity contribution in [1.82, 2.24) is 10.6 Å². The van der Waals surface area contributed by atoms with Crippen LogP contribution in [0.2, 0.25) is 0 Å². The molecule has 9 heteroatoms. The Kier molecular flexibility index (Phi) is 5.94. The van der Waals surface area contributed by atoms with Gasteiger partial charge in [-0.05, 0) is 53.4 Å². The molecular weight excluding hydrogens is 458 g/mol. The van der Waals surface area contributed by atoms with Crippen LogP contribution in [0.25, 0.3) is 11.1 Å². The van der Waals surface area contributed by atoms with Crippen LogP contribution < -0.4 is 10.6 Å². The largest absolute Gasteiger partial charge is 0.477 e. The third-order valence-electron chi connectivity index (χ3n) is 7.64. The van der Waals surface area contributed by atoms with Gasteiger partial charge in [0.05, 0.1) is 6.54 Å². The molecule has 5 rings (SSSR count). The molecule has 35 heavy (non-hydrogen) atoms. The fraction of sp³-hybridized carbons (Fsp3) is 0.423. The minimum atomic E-state index is -4.00. The van der Waals surface area contributed by atoms with Crippen molar-refractivity contribution in [1.29, 1.82) is 0 Å². The summed E-state index contributed by atoms with van der Waals surface area (Å²) in [5.41, 5.74) is 4.55. The second-order valence-electron chi connectivity index (χ2n) is 9.63. The van der Waals surface area contributed by atoms with Gasteiger partial charge >= 0.3 is 18.0 Å². The maximum absolute atomic E-state index is 13.2. The van der Waals surface area contributed by atoms with E-state index in [1.165, 1.54) is 0 Å². The summed E-state index contributed by atoms with van der Waals surface area (Å²) in [4.78, 5) is 35.3. The van der Waals surface area contributed by atoms with Crippen molar-refractivity contribution in [2.75, 3.05) is 13.2 Å². The fourth-order valence-corrected chi connectivity index (χ4v) is 5.82. The number of fused-ring (bicyclic) bond motifs is 4. The lowest BCUT2D eigenvalue weighted by molar-refractivity contribution is -0.164. The molecule has 2 aromatic carbocycles. The molecular formula is C26H26F2N2O5. The summed E-state index contributed by atoms with van der Waals surface area (Å²) in [5.74, 6) is -7.04. The Hall–Kier alpha value is -3.49. The highest BCUT2D eigenvalue weighted by Crippen LogP contribution is 2.50. The lowest BCUT2D eigenvalue weighted by Gasteiger charge is -2.40. The number of alkyl halides is 2. The molecule has 0 radical (unpaired) electrons. The van der Waals surface area contributed by atoms with Crippen molar-refractivity contribution in [2.45, 2.75) is 37.1 Å². The summed E-state index contributed by atoms with van der Waals surface area (Å²) < 4.78 is 32.1. The van der Waals surface area contributed by atoms with E-state index in [1.54, 1.807) is 0 Å². The van der Waals surface area contributed by atoms with Crippen molar-refractivity contribution < 1.29 is 33.0 Å². The van der Waals surface area contributed by atoms with Gasteiger partial charge in [-0.15, -0.1) is 0 Å². The Morgan fingerprint density at radius 2 is 1.60 bits per heavy atom. The molecule has 3 N–H and O–H groups in total. The number of rotatable bonds is 7. The minimum Gasteiger partial charge on any atom is -0.477 e. The Morgan fingerprint density at radius 1 is 0.971 bits per heavy atom. The average molecular weight is 484 g/mol. The molecule has 0 heterocycles. The Morgan fingerprint density at radius 3 is 2.23 bits per heavy atom. The van der Waals surface area contributed by atoms with E-state index >= 15 is 0 Å². The van der Waals surface area contributed by atoms with Crippen LogP contribution >= 0.6 is 0 Å². The van der Waals surface area contributed by atoms with Crippen molar-refractivity contribution in [3.63, 3.8) is 0 Å². The number of carboxylic acids is 1. The van der Waals surface area contributed by atoms with E-state index in [2.05, 4.69) is 22.8 Å².